The molecule has 1 atom stereocenters. The van der Waals surface area contributed by atoms with Crippen LogP contribution in [0.2, 0.25) is 5.02 Å². The number of fused-ring (bicyclic) bond motifs is 2. The fourth-order valence-electron chi connectivity index (χ4n) is 7.77. The number of hydrogen-bond donors (Lipinski definition) is 3. The molecule has 3 aromatic carbocycles. The first-order valence-electron chi connectivity index (χ1n) is 19.8. The van der Waals surface area contributed by atoms with E-state index < -0.39 is 5.60 Å². The number of carbonyl (C=O) groups excluding carboxylic acids is 3. The van der Waals surface area contributed by atoms with E-state index in [4.69, 9.17) is 11.6 Å². The predicted octanol–water partition coefficient (Wildman–Crippen LogP) is 5.32. The van der Waals surface area contributed by atoms with E-state index in [-0.39, 0.29) is 35.7 Å². The Morgan fingerprint density at radius 1 is 0.897 bits per heavy atom. The van der Waals surface area contributed by atoms with Crippen LogP contribution in [0.5, 0.6) is 0 Å². The maximum Gasteiger partial charge on any atom is 0.261 e. The van der Waals surface area contributed by atoms with Gasteiger partial charge in [-0.15, -0.1) is 0 Å². The number of nitrogens with one attached hydrogen (secondary N) is 2. The Hall–Kier alpha value is -4.48. The van der Waals surface area contributed by atoms with Gasteiger partial charge in [0, 0.05) is 110 Å². The Morgan fingerprint density at radius 2 is 1.64 bits per heavy atom. The molecule has 15 heteroatoms. The highest BCUT2D eigenvalue weighted by Gasteiger charge is 2.36. The molecule has 2 aromatic heterocycles. The first-order valence-corrected chi connectivity index (χ1v) is 21.2. The highest BCUT2D eigenvalue weighted by Crippen LogP contribution is 2.28. The molecule has 3 amide bonds. The molecule has 58 heavy (non-hydrogen) atoms. The number of nitrogens with zero attached hydrogens (tertiary/aromatic N) is 6. The highest BCUT2D eigenvalue weighted by atomic mass is 127. The number of carbonyl (C=O) groups is 3. The van der Waals surface area contributed by atoms with Gasteiger partial charge in [-0.1, -0.05) is 48.0 Å². The minimum Gasteiger partial charge on any atom is -0.388 e. The molecule has 0 radical (unpaired) electrons. The van der Waals surface area contributed by atoms with Crippen molar-refractivity contribution in [3.05, 3.63) is 112 Å². The number of likely N-dealkylation sites (tertiary alicyclic amines) is 1. The van der Waals surface area contributed by atoms with Crippen molar-refractivity contribution in [3.8, 4) is 0 Å². The lowest BCUT2D eigenvalue weighted by molar-refractivity contribution is -0.140. The number of amides is 3. The second-order valence-corrected chi connectivity index (χ2v) is 17.1. The van der Waals surface area contributed by atoms with Crippen molar-refractivity contribution in [2.24, 2.45) is 5.92 Å². The van der Waals surface area contributed by atoms with Crippen molar-refractivity contribution < 1.29 is 19.5 Å². The number of piperazine rings is 1. The number of hydrogen-bond acceptors (Lipinski definition) is 9. The van der Waals surface area contributed by atoms with Gasteiger partial charge in [0.25, 0.3) is 11.5 Å². The van der Waals surface area contributed by atoms with Crippen LogP contribution in [-0.4, -0.2) is 108 Å². The number of benzene rings is 3. The second-order valence-electron chi connectivity index (χ2n) is 15.3. The maximum atomic E-state index is 14.0. The summed E-state index contributed by atoms with van der Waals surface area (Å²) in [5.74, 6) is -0.599. The molecule has 0 bridgehead atoms. The molecule has 2 aliphatic rings. The first kappa shape index (κ1) is 41.7. The van der Waals surface area contributed by atoms with Crippen LogP contribution in [-0.2, 0) is 22.6 Å². The molecule has 7 rings (SSSR count). The van der Waals surface area contributed by atoms with E-state index in [0.29, 0.717) is 97.4 Å². The highest BCUT2D eigenvalue weighted by molar-refractivity contribution is 14.1. The summed E-state index contributed by atoms with van der Waals surface area (Å²) in [5.41, 5.74) is 1.76. The molecule has 2 aliphatic heterocycles. The number of halogens is 2. The third-order valence-electron chi connectivity index (χ3n) is 11.2. The minimum atomic E-state index is -1.20. The average molecular weight is 919 g/mol. The van der Waals surface area contributed by atoms with Crippen molar-refractivity contribution in [1.29, 1.82) is 0 Å². The van der Waals surface area contributed by atoms with Gasteiger partial charge in [-0.05, 0) is 74.1 Å². The quantitative estimate of drug-likeness (QED) is 0.0765. The Labute approximate surface area is 356 Å². The van der Waals surface area contributed by atoms with Gasteiger partial charge < -0.3 is 25.5 Å². The Morgan fingerprint density at radius 3 is 2.41 bits per heavy atom. The molecule has 4 heterocycles. The summed E-state index contributed by atoms with van der Waals surface area (Å²) < 4.78 is 3.68. The molecule has 13 nitrogen and oxygen atoms in total. The van der Waals surface area contributed by atoms with Crippen LogP contribution in [0.4, 0.5) is 5.69 Å². The van der Waals surface area contributed by atoms with Crippen LogP contribution in [0.1, 0.15) is 48.0 Å². The molecule has 0 aliphatic carbocycles. The predicted molar refractivity (Wildman–Crippen MR) is 234 cm³/mol. The fraction of sp³-hybridized carbons (Fsp3) is 0.395. The normalized spacial score (nSPS) is 16.6. The number of aliphatic hydroxyl groups is 1. The average Bonchev–Trinajstić information content (AvgIpc) is 3.23. The summed E-state index contributed by atoms with van der Waals surface area (Å²) in [7, 11) is 0. The van der Waals surface area contributed by atoms with Crippen LogP contribution < -0.4 is 16.2 Å². The van der Waals surface area contributed by atoms with E-state index >= 15 is 0 Å². The molecule has 3 N–H and O–H groups in total. The minimum absolute atomic E-state index is 0.0150. The summed E-state index contributed by atoms with van der Waals surface area (Å²) in [6, 6.07) is 21.9. The van der Waals surface area contributed by atoms with Crippen molar-refractivity contribution in [2.45, 2.75) is 50.7 Å². The van der Waals surface area contributed by atoms with E-state index in [1.807, 2.05) is 35.2 Å². The number of rotatable bonds is 14. The standard InChI is InChI=1S/C43H48ClIN8O5/c44-36-12-17-46-37-26-31(8-10-34(36)37)40(55)47-16-4-7-32(25-30-5-2-1-3-6-30)41(56)51-19-14-43(58,15-20-51)28-52-29-48-38-27-33(9-11-35(38)42(52)57)49-39(54)13-18-50-21-23-53(45)24-22-50/h1-3,5-6,8-12,17,26-27,29,32,58H,4,7,13-16,18-25,28H2,(H,47,55)(H,49,54)/t32-/m0/s1. The molecular formula is C43H48ClIN8O5. The SMILES string of the molecule is O=C(CCN1CCN(I)CC1)Nc1ccc2c(=O)n(CC3(O)CCN(C(=O)[C@@H](CCCNC(=O)c4ccc5c(Cl)ccnc5c4)Cc4ccccc4)CC3)cnc2c1. The van der Waals surface area contributed by atoms with Crippen LogP contribution in [0.15, 0.2) is 90.1 Å². The Kier molecular flexibility index (Phi) is 13.7. The Bertz CT molecular complexity index is 2310. The topological polar surface area (TPSA) is 153 Å². The molecule has 0 saturated carbocycles. The van der Waals surface area contributed by atoms with Gasteiger partial charge in [0.15, 0.2) is 0 Å². The van der Waals surface area contributed by atoms with Gasteiger partial charge in [0.1, 0.15) is 0 Å². The lowest BCUT2D eigenvalue weighted by Gasteiger charge is -2.39. The summed E-state index contributed by atoms with van der Waals surface area (Å²) in [5, 5.41) is 19.3. The van der Waals surface area contributed by atoms with Crippen molar-refractivity contribution in [1.82, 2.24) is 32.8 Å². The van der Waals surface area contributed by atoms with Crippen LogP contribution in [0, 0.1) is 5.92 Å². The summed E-state index contributed by atoms with van der Waals surface area (Å²) >= 11 is 8.58. The van der Waals surface area contributed by atoms with Gasteiger partial charge >= 0.3 is 0 Å². The van der Waals surface area contributed by atoms with E-state index in [2.05, 4.69) is 51.5 Å². The van der Waals surface area contributed by atoms with Gasteiger partial charge in [-0.2, -0.15) is 0 Å². The van der Waals surface area contributed by atoms with Crippen LogP contribution in [0.3, 0.4) is 0 Å². The molecule has 2 saturated heterocycles. The van der Waals surface area contributed by atoms with E-state index in [0.717, 1.165) is 37.1 Å². The summed E-state index contributed by atoms with van der Waals surface area (Å²) in [6.07, 6.45) is 5.79. The molecular weight excluding hydrogens is 871 g/mol. The number of aromatic nitrogens is 3. The lowest BCUT2D eigenvalue weighted by Crippen LogP contribution is -2.51. The van der Waals surface area contributed by atoms with Crippen LogP contribution in [0.25, 0.3) is 21.8 Å². The third-order valence-corrected chi connectivity index (χ3v) is 12.5. The second kappa shape index (κ2) is 19.1. The number of anilines is 1. The third kappa shape index (κ3) is 10.6. The van der Waals surface area contributed by atoms with E-state index in [1.165, 1.54) is 10.9 Å². The van der Waals surface area contributed by atoms with Crippen molar-refractivity contribution >= 4 is 79.7 Å². The monoisotopic (exact) mass is 918 g/mol. The number of piperidine rings is 1. The van der Waals surface area contributed by atoms with Gasteiger partial charge in [-0.3, -0.25) is 28.7 Å². The molecule has 0 spiro atoms. The largest absolute Gasteiger partial charge is 0.388 e. The van der Waals surface area contributed by atoms with Crippen molar-refractivity contribution in [2.75, 3.05) is 57.7 Å². The molecule has 5 aromatic rings. The molecule has 0 unspecified atom stereocenters. The van der Waals surface area contributed by atoms with Gasteiger partial charge in [0.2, 0.25) is 11.8 Å². The zero-order valence-electron chi connectivity index (χ0n) is 32.3. The first-order chi connectivity index (χ1) is 28.0. The zero-order chi connectivity index (χ0) is 40.6. The van der Waals surface area contributed by atoms with E-state index in [9.17, 15) is 24.3 Å². The van der Waals surface area contributed by atoms with Crippen molar-refractivity contribution in [3.63, 3.8) is 0 Å². The van der Waals surface area contributed by atoms with Gasteiger partial charge in [-0.25, -0.2) is 8.10 Å². The lowest BCUT2D eigenvalue weighted by atomic mass is 9.88. The van der Waals surface area contributed by atoms with Gasteiger partial charge in [0.05, 0.1) is 39.9 Å². The van der Waals surface area contributed by atoms with Crippen LogP contribution >= 0.6 is 34.5 Å². The smallest absolute Gasteiger partial charge is 0.261 e. The zero-order valence-corrected chi connectivity index (χ0v) is 35.2. The molecule has 304 valence electrons. The maximum absolute atomic E-state index is 14.0. The summed E-state index contributed by atoms with van der Waals surface area (Å²) in [6.45, 7) is 5.70. The van der Waals surface area contributed by atoms with E-state index in [1.54, 1.807) is 48.7 Å². The fourth-order valence-corrected chi connectivity index (χ4v) is 8.42. The Balaban J connectivity index is 0.921. The molecule has 2 fully saturated rings. The summed E-state index contributed by atoms with van der Waals surface area (Å²) in [4.78, 5) is 66.2. The number of pyridine rings is 1.